The fraction of sp³-hybridized carbons (Fsp3) is 0.722. The molecule has 144 valence electrons. The zero-order valence-corrected chi connectivity index (χ0v) is 16.6. The van der Waals surface area contributed by atoms with Crippen molar-refractivity contribution in [2.75, 3.05) is 46.3 Å². The lowest BCUT2D eigenvalue weighted by Gasteiger charge is -2.38. The number of thiazole rings is 1. The predicted molar refractivity (Wildman–Crippen MR) is 105 cm³/mol. The molecule has 7 nitrogen and oxygen atoms in total. The number of amides is 1. The van der Waals surface area contributed by atoms with Crippen LogP contribution in [0.5, 0.6) is 0 Å². The van der Waals surface area contributed by atoms with Gasteiger partial charge in [-0.05, 0) is 19.8 Å². The highest BCUT2D eigenvalue weighted by Crippen LogP contribution is 2.28. The normalized spacial score (nSPS) is 19.3. The van der Waals surface area contributed by atoms with Gasteiger partial charge < -0.3 is 15.5 Å². The molecule has 1 amide bonds. The molecule has 2 N–H and O–H groups in total. The maximum absolute atomic E-state index is 12.3. The van der Waals surface area contributed by atoms with E-state index >= 15 is 0 Å². The summed E-state index contributed by atoms with van der Waals surface area (Å²) in [6.07, 6.45) is 5.30. The van der Waals surface area contributed by atoms with Gasteiger partial charge in [0, 0.05) is 63.3 Å². The van der Waals surface area contributed by atoms with E-state index in [4.69, 9.17) is 0 Å². The number of aliphatic imine (C=N–C) groups is 1. The first kappa shape index (κ1) is 19.1. The standard InChI is InChI=1S/C18H30N6OS/c1-14-12-21-16(26-14)13-22-18(19-2)20-6-7-23-8-10-24(11-9-23)17(25)15-4-3-5-15/h12,15H,3-11,13H2,1-2H3,(H2,19,20,22). The molecule has 0 radical (unpaired) electrons. The maximum atomic E-state index is 12.3. The fourth-order valence-corrected chi connectivity index (χ4v) is 4.03. The first-order valence-electron chi connectivity index (χ1n) is 9.52. The SMILES string of the molecule is CN=C(NCCN1CCN(C(=O)C2CCC2)CC1)NCc1ncc(C)s1. The Kier molecular flexibility index (Phi) is 6.85. The van der Waals surface area contributed by atoms with Gasteiger partial charge in [0.2, 0.25) is 5.91 Å². The van der Waals surface area contributed by atoms with Gasteiger partial charge >= 0.3 is 0 Å². The summed E-state index contributed by atoms with van der Waals surface area (Å²) in [5.74, 6) is 1.51. The lowest BCUT2D eigenvalue weighted by molar-refractivity contribution is -0.139. The van der Waals surface area contributed by atoms with Gasteiger partial charge in [-0.25, -0.2) is 4.98 Å². The van der Waals surface area contributed by atoms with Gasteiger partial charge in [0.05, 0.1) is 6.54 Å². The third kappa shape index (κ3) is 5.17. The van der Waals surface area contributed by atoms with E-state index in [-0.39, 0.29) is 0 Å². The first-order valence-corrected chi connectivity index (χ1v) is 10.3. The smallest absolute Gasteiger partial charge is 0.225 e. The highest BCUT2D eigenvalue weighted by atomic mass is 32.1. The van der Waals surface area contributed by atoms with Crippen molar-refractivity contribution in [1.82, 2.24) is 25.4 Å². The Balaban J connectivity index is 1.31. The second-order valence-corrected chi connectivity index (χ2v) is 8.33. The molecule has 1 aliphatic carbocycles. The Bertz CT molecular complexity index is 619. The lowest BCUT2D eigenvalue weighted by Crippen LogP contribution is -2.52. The minimum atomic E-state index is 0.319. The molecule has 1 aromatic heterocycles. The van der Waals surface area contributed by atoms with Crippen LogP contribution in [0.4, 0.5) is 0 Å². The molecule has 1 saturated heterocycles. The number of aromatic nitrogens is 1. The summed E-state index contributed by atoms with van der Waals surface area (Å²) in [5.41, 5.74) is 0. The Hall–Kier alpha value is -1.67. The highest BCUT2D eigenvalue weighted by Gasteiger charge is 2.30. The summed E-state index contributed by atoms with van der Waals surface area (Å²) in [5, 5.41) is 7.72. The fourth-order valence-electron chi connectivity index (χ4n) is 3.30. The topological polar surface area (TPSA) is 72.9 Å². The Labute approximate surface area is 159 Å². The van der Waals surface area contributed by atoms with Gasteiger partial charge in [-0.15, -0.1) is 11.3 Å². The number of aryl methyl sites for hydroxylation is 1. The van der Waals surface area contributed by atoms with Gasteiger partial charge in [-0.1, -0.05) is 6.42 Å². The van der Waals surface area contributed by atoms with Crippen molar-refractivity contribution in [2.24, 2.45) is 10.9 Å². The first-order chi connectivity index (χ1) is 12.7. The van der Waals surface area contributed by atoms with E-state index in [1.165, 1.54) is 11.3 Å². The molecule has 3 rings (SSSR count). The van der Waals surface area contributed by atoms with Crippen LogP contribution < -0.4 is 10.6 Å². The zero-order valence-electron chi connectivity index (χ0n) is 15.8. The van der Waals surface area contributed by atoms with Crippen LogP contribution in [0.2, 0.25) is 0 Å². The van der Waals surface area contributed by atoms with Crippen LogP contribution in [0.15, 0.2) is 11.2 Å². The molecular formula is C18H30N6OS. The van der Waals surface area contributed by atoms with Gasteiger partial charge in [-0.2, -0.15) is 0 Å². The van der Waals surface area contributed by atoms with Crippen molar-refractivity contribution in [3.05, 3.63) is 16.1 Å². The van der Waals surface area contributed by atoms with Gasteiger partial charge in [0.1, 0.15) is 5.01 Å². The van der Waals surface area contributed by atoms with Crippen molar-refractivity contribution >= 4 is 23.2 Å². The Morgan fingerprint density at radius 3 is 2.65 bits per heavy atom. The Morgan fingerprint density at radius 2 is 2.08 bits per heavy atom. The monoisotopic (exact) mass is 378 g/mol. The number of hydrogen-bond acceptors (Lipinski definition) is 5. The number of carbonyl (C=O) groups is 1. The summed E-state index contributed by atoms with van der Waals surface area (Å²) in [6.45, 7) is 8.22. The van der Waals surface area contributed by atoms with E-state index in [9.17, 15) is 4.79 Å². The molecule has 0 spiro atoms. The van der Waals surface area contributed by atoms with Crippen molar-refractivity contribution in [3.8, 4) is 0 Å². The average molecular weight is 379 g/mol. The molecule has 0 aromatic carbocycles. The molecule has 0 unspecified atom stereocenters. The third-order valence-corrected chi connectivity index (χ3v) is 6.07. The van der Waals surface area contributed by atoms with E-state index in [0.717, 1.165) is 63.1 Å². The molecule has 2 heterocycles. The molecule has 2 aliphatic rings. The molecule has 0 atom stereocenters. The molecular weight excluding hydrogens is 348 g/mol. The number of hydrogen-bond donors (Lipinski definition) is 2. The second kappa shape index (κ2) is 9.32. The van der Waals surface area contributed by atoms with Crippen LogP contribution in [-0.2, 0) is 11.3 Å². The summed E-state index contributed by atoms with van der Waals surface area (Å²) >= 11 is 1.70. The van der Waals surface area contributed by atoms with Crippen molar-refractivity contribution < 1.29 is 4.79 Å². The quantitative estimate of drug-likeness (QED) is 0.572. The maximum Gasteiger partial charge on any atom is 0.225 e. The van der Waals surface area contributed by atoms with Gasteiger partial charge in [0.25, 0.3) is 0 Å². The van der Waals surface area contributed by atoms with E-state index in [2.05, 4.69) is 37.3 Å². The second-order valence-electron chi connectivity index (χ2n) is 7.01. The van der Waals surface area contributed by atoms with Crippen LogP contribution in [0, 0.1) is 12.8 Å². The largest absolute Gasteiger partial charge is 0.355 e. The summed E-state index contributed by atoms with van der Waals surface area (Å²) in [4.78, 5) is 26.6. The molecule has 2 fully saturated rings. The predicted octanol–water partition coefficient (Wildman–Crippen LogP) is 1.06. The van der Waals surface area contributed by atoms with Crippen LogP contribution in [0.25, 0.3) is 0 Å². The van der Waals surface area contributed by atoms with E-state index in [0.29, 0.717) is 18.4 Å². The van der Waals surface area contributed by atoms with E-state index in [1.54, 1.807) is 18.4 Å². The number of piperazine rings is 1. The lowest BCUT2D eigenvalue weighted by atomic mass is 9.84. The number of guanidine groups is 1. The van der Waals surface area contributed by atoms with Gasteiger partial charge in [0.15, 0.2) is 5.96 Å². The molecule has 1 saturated carbocycles. The Morgan fingerprint density at radius 1 is 1.31 bits per heavy atom. The van der Waals surface area contributed by atoms with E-state index < -0.39 is 0 Å². The summed E-state index contributed by atoms with van der Waals surface area (Å²) in [6, 6.07) is 0. The molecule has 8 heteroatoms. The van der Waals surface area contributed by atoms with Crippen molar-refractivity contribution in [2.45, 2.75) is 32.7 Å². The average Bonchev–Trinajstić information content (AvgIpc) is 3.02. The van der Waals surface area contributed by atoms with Crippen LogP contribution >= 0.6 is 11.3 Å². The number of carbonyl (C=O) groups excluding carboxylic acids is 1. The molecule has 26 heavy (non-hydrogen) atoms. The summed E-state index contributed by atoms with van der Waals surface area (Å²) < 4.78 is 0. The number of nitrogens with zero attached hydrogens (tertiary/aromatic N) is 4. The van der Waals surface area contributed by atoms with Crippen molar-refractivity contribution in [1.29, 1.82) is 0 Å². The molecule has 1 aromatic rings. The third-order valence-electron chi connectivity index (χ3n) is 5.16. The number of nitrogens with one attached hydrogen (secondary N) is 2. The molecule has 0 bridgehead atoms. The van der Waals surface area contributed by atoms with E-state index in [1.807, 2.05) is 6.20 Å². The number of rotatable bonds is 6. The van der Waals surface area contributed by atoms with Crippen LogP contribution in [-0.4, -0.2) is 73.0 Å². The van der Waals surface area contributed by atoms with Crippen LogP contribution in [0.3, 0.4) is 0 Å². The minimum Gasteiger partial charge on any atom is -0.355 e. The minimum absolute atomic E-state index is 0.319. The highest BCUT2D eigenvalue weighted by molar-refractivity contribution is 7.11. The molecule has 1 aliphatic heterocycles. The summed E-state index contributed by atoms with van der Waals surface area (Å²) in [7, 11) is 1.78. The zero-order chi connectivity index (χ0) is 18.4. The van der Waals surface area contributed by atoms with Crippen molar-refractivity contribution in [3.63, 3.8) is 0 Å². The van der Waals surface area contributed by atoms with Crippen LogP contribution in [0.1, 0.15) is 29.1 Å². The van der Waals surface area contributed by atoms with Gasteiger partial charge in [-0.3, -0.25) is 14.7 Å².